The van der Waals surface area contributed by atoms with Gasteiger partial charge in [0.15, 0.2) is 0 Å². The lowest BCUT2D eigenvalue weighted by Gasteiger charge is -2.08. The van der Waals surface area contributed by atoms with Gasteiger partial charge in [0.25, 0.3) is 0 Å². The van der Waals surface area contributed by atoms with Crippen molar-refractivity contribution in [3.05, 3.63) is 29.5 Å². The summed E-state index contributed by atoms with van der Waals surface area (Å²) in [5.74, 6) is 0. The second-order valence-electron chi connectivity index (χ2n) is 5.03. The highest BCUT2D eigenvalue weighted by Gasteiger charge is 2.16. The van der Waals surface area contributed by atoms with Crippen LogP contribution in [-0.4, -0.2) is 29.0 Å². The minimum absolute atomic E-state index is 0.479. The normalized spacial score (nSPS) is 19.8. The Balaban J connectivity index is 1.84. The van der Waals surface area contributed by atoms with E-state index in [1.54, 1.807) is 0 Å². The second-order valence-corrected chi connectivity index (χ2v) is 5.03. The molecule has 1 atom stereocenters. The number of ether oxygens (including phenoxy) is 1. The Hall–Kier alpha value is -1.39. The van der Waals surface area contributed by atoms with Crippen molar-refractivity contribution in [3.63, 3.8) is 0 Å². The molecule has 0 radical (unpaired) electrons. The first kappa shape index (κ1) is 11.7. The smallest absolute Gasteiger partial charge is 0.0841 e. The average Bonchev–Trinajstić information content (AvgIpc) is 2.95. The van der Waals surface area contributed by atoms with Crippen molar-refractivity contribution >= 4 is 10.9 Å². The molecule has 0 aliphatic carbocycles. The van der Waals surface area contributed by atoms with E-state index in [-0.39, 0.29) is 0 Å². The summed E-state index contributed by atoms with van der Waals surface area (Å²) in [6.45, 7) is 4.63. The van der Waals surface area contributed by atoms with Gasteiger partial charge in [-0.3, -0.25) is 4.68 Å². The van der Waals surface area contributed by atoms with E-state index in [0.29, 0.717) is 6.04 Å². The molecule has 1 aliphatic rings. The van der Waals surface area contributed by atoms with E-state index in [2.05, 4.69) is 35.5 Å². The SMILES string of the molecule is Cc1ccc2c(c1)c(CN[C@H]1CCOC1)nn2C. The van der Waals surface area contributed by atoms with Crippen LogP contribution >= 0.6 is 0 Å². The first-order valence-corrected chi connectivity index (χ1v) is 6.47. The molecule has 0 amide bonds. The molecule has 1 fully saturated rings. The van der Waals surface area contributed by atoms with Crippen molar-refractivity contribution in [2.24, 2.45) is 7.05 Å². The lowest BCUT2D eigenvalue weighted by Crippen LogP contribution is -2.28. The number of hydrogen-bond donors (Lipinski definition) is 1. The number of fused-ring (bicyclic) bond motifs is 1. The summed E-state index contributed by atoms with van der Waals surface area (Å²) in [7, 11) is 2.00. The van der Waals surface area contributed by atoms with E-state index in [9.17, 15) is 0 Å². The van der Waals surface area contributed by atoms with E-state index < -0.39 is 0 Å². The quantitative estimate of drug-likeness (QED) is 0.895. The summed E-state index contributed by atoms with van der Waals surface area (Å²) in [6, 6.07) is 6.96. The van der Waals surface area contributed by atoms with Gasteiger partial charge >= 0.3 is 0 Å². The Morgan fingerprint density at radius 2 is 2.39 bits per heavy atom. The molecule has 1 saturated heterocycles. The number of nitrogens with zero attached hydrogens (tertiary/aromatic N) is 2. The third-order valence-corrected chi connectivity index (χ3v) is 3.57. The van der Waals surface area contributed by atoms with Gasteiger partial charge in [0, 0.05) is 31.6 Å². The van der Waals surface area contributed by atoms with Crippen molar-refractivity contribution < 1.29 is 4.74 Å². The highest BCUT2D eigenvalue weighted by molar-refractivity contribution is 5.82. The molecule has 0 spiro atoms. The van der Waals surface area contributed by atoms with E-state index >= 15 is 0 Å². The minimum Gasteiger partial charge on any atom is -0.380 e. The van der Waals surface area contributed by atoms with Crippen LogP contribution in [0.2, 0.25) is 0 Å². The van der Waals surface area contributed by atoms with Gasteiger partial charge in [-0.05, 0) is 25.5 Å². The highest BCUT2D eigenvalue weighted by Crippen LogP contribution is 2.19. The summed E-state index contributed by atoms with van der Waals surface area (Å²) in [5, 5.41) is 9.38. The second kappa shape index (κ2) is 4.71. The summed E-state index contributed by atoms with van der Waals surface area (Å²) < 4.78 is 7.32. The molecule has 2 aromatic rings. The number of hydrogen-bond acceptors (Lipinski definition) is 3. The highest BCUT2D eigenvalue weighted by atomic mass is 16.5. The Kier molecular flexibility index (Phi) is 3.06. The van der Waals surface area contributed by atoms with E-state index in [4.69, 9.17) is 4.74 Å². The fraction of sp³-hybridized carbons (Fsp3) is 0.500. The van der Waals surface area contributed by atoms with E-state index in [0.717, 1.165) is 31.9 Å². The Bertz CT molecular complexity index is 555. The monoisotopic (exact) mass is 245 g/mol. The predicted octanol–water partition coefficient (Wildman–Crippen LogP) is 1.76. The molecule has 1 aromatic carbocycles. The summed E-state index contributed by atoms with van der Waals surface area (Å²) >= 11 is 0. The standard InChI is InChI=1S/C14H19N3O/c1-10-3-4-14-12(7-10)13(16-17(14)2)8-15-11-5-6-18-9-11/h3-4,7,11,15H,5-6,8-9H2,1-2H3/t11-/m0/s1. The van der Waals surface area contributed by atoms with Crippen LogP contribution in [0.5, 0.6) is 0 Å². The van der Waals surface area contributed by atoms with E-state index in [1.807, 2.05) is 11.7 Å². The van der Waals surface area contributed by atoms with Crippen molar-refractivity contribution in [3.8, 4) is 0 Å². The molecule has 2 heterocycles. The molecule has 3 rings (SSSR count). The molecule has 96 valence electrons. The van der Waals surface area contributed by atoms with Gasteiger partial charge in [0.05, 0.1) is 17.8 Å². The zero-order chi connectivity index (χ0) is 12.5. The summed E-state index contributed by atoms with van der Waals surface area (Å²) in [5.41, 5.74) is 3.60. The third kappa shape index (κ3) is 2.13. The van der Waals surface area contributed by atoms with Gasteiger partial charge < -0.3 is 10.1 Å². The molecule has 0 bridgehead atoms. The van der Waals surface area contributed by atoms with Crippen LogP contribution in [-0.2, 0) is 18.3 Å². The van der Waals surface area contributed by atoms with Crippen LogP contribution < -0.4 is 5.32 Å². The third-order valence-electron chi connectivity index (χ3n) is 3.57. The van der Waals surface area contributed by atoms with Crippen LogP contribution in [0.25, 0.3) is 10.9 Å². The van der Waals surface area contributed by atoms with Crippen molar-refractivity contribution in [1.29, 1.82) is 0 Å². The first-order valence-electron chi connectivity index (χ1n) is 6.47. The Morgan fingerprint density at radius 3 is 3.17 bits per heavy atom. The maximum absolute atomic E-state index is 5.37. The van der Waals surface area contributed by atoms with Crippen LogP contribution in [0.1, 0.15) is 17.7 Å². The lowest BCUT2D eigenvalue weighted by molar-refractivity contribution is 0.189. The molecule has 0 unspecified atom stereocenters. The molecule has 0 saturated carbocycles. The maximum atomic E-state index is 5.37. The fourth-order valence-corrected chi connectivity index (χ4v) is 2.52. The van der Waals surface area contributed by atoms with Gasteiger partial charge in [-0.15, -0.1) is 0 Å². The van der Waals surface area contributed by atoms with Gasteiger partial charge in [0.2, 0.25) is 0 Å². The van der Waals surface area contributed by atoms with Crippen molar-refractivity contribution in [1.82, 2.24) is 15.1 Å². The van der Waals surface area contributed by atoms with Gasteiger partial charge in [0.1, 0.15) is 0 Å². The molecule has 18 heavy (non-hydrogen) atoms. The van der Waals surface area contributed by atoms with E-state index in [1.165, 1.54) is 16.5 Å². The van der Waals surface area contributed by atoms with Gasteiger partial charge in [-0.25, -0.2) is 0 Å². The lowest BCUT2D eigenvalue weighted by atomic mass is 10.1. The number of aryl methyl sites for hydroxylation is 2. The molecule has 1 aliphatic heterocycles. The zero-order valence-corrected chi connectivity index (χ0v) is 10.9. The van der Waals surface area contributed by atoms with Crippen molar-refractivity contribution in [2.75, 3.05) is 13.2 Å². The summed E-state index contributed by atoms with van der Waals surface area (Å²) in [4.78, 5) is 0. The number of benzene rings is 1. The number of nitrogens with one attached hydrogen (secondary N) is 1. The summed E-state index contributed by atoms with van der Waals surface area (Å²) in [6.07, 6.45) is 1.10. The zero-order valence-electron chi connectivity index (χ0n) is 10.9. The molecule has 4 heteroatoms. The topological polar surface area (TPSA) is 39.1 Å². The molecular weight excluding hydrogens is 226 g/mol. The van der Waals surface area contributed by atoms with Gasteiger partial charge in [-0.2, -0.15) is 5.10 Å². The van der Waals surface area contributed by atoms with Crippen LogP contribution in [0.3, 0.4) is 0 Å². The Morgan fingerprint density at radius 1 is 1.50 bits per heavy atom. The van der Waals surface area contributed by atoms with Crippen LogP contribution in [0, 0.1) is 6.92 Å². The predicted molar refractivity (Wildman–Crippen MR) is 71.5 cm³/mol. The fourth-order valence-electron chi connectivity index (χ4n) is 2.52. The maximum Gasteiger partial charge on any atom is 0.0841 e. The first-order chi connectivity index (χ1) is 8.74. The largest absolute Gasteiger partial charge is 0.380 e. The molecule has 1 aromatic heterocycles. The minimum atomic E-state index is 0.479. The number of aromatic nitrogens is 2. The number of rotatable bonds is 3. The van der Waals surface area contributed by atoms with Crippen LogP contribution in [0.15, 0.2) is 18.2 Å². The van der Waals surface area contributed by atoms with Crippen molar-refractivity contribution in [2.45, 2.75) is 25.9 Å². The molecular formula is C14H19N3O. The molecule has 4 nitrogen and oxygen atoms in total. The van der Waals surface area contributed by atoms with Crippen LogP contribution in [0.4, 0.5) is 0 Å². The Labute approximate surface area is 107 Å². The average molecular weight is 245 g/mol. The molecule has 1 N–H and O–H groups in total. The van der Waals surface area contributed by atoms with Gasteiger partial charge in [-0.1, -0.05) is 11.6 Å².